The van der Waals surface area contributed by atoms with E-state index in [1.54, 1.807) is 18.6 Å². The number of halogens is 3. The van der Waals surface area contributed by atoms with Crippen LogP contribution in [-0.4, -0.2) is 37.0 Å². The summed E-state index contributed by atoms with van der Waals surface area (Å²) in [5.41, 5.74) is -0.952. The Morgan fingerprint density at radius 2 is 2.14 bits per heavy atom. The van der Waals surface area contributed by atoms with E-state index in [1.165, 1.54) is 12.3 Å². The standard InChI is InChI=1S/C18H18F3N5O2/c19-18(20,21)12-8-14(16-2-1-5-28-16)24-25-17(12)23-13-6-11(7-15(13)27)9-26-4-3-22-10-26/h1-5,8,10-11,13,15,27H,6-7,9H2,(H,23,25)/t11?,13-,15-/m1/s1. The van der Waals surface area contributed by atoms with Gasteiger partial charge in [-0.15, -0.1) is 10.2 Å². The maximum absolute atomic E-state index is 13.6. The minimum absolute atomic E-state index is 0.00664. The molecule has 0 saturated heterocycles. The number of imidazole rings is 1. The first-order chi connectivity index (χ1) is 13.4. The van der Waals surface area contributed by atoms with Gasteiger partial charge in [-0.1, -0.05) is 0 Å². The molecule has 0 aliphatic heterocycles. The van der Waals surface area contributed by atoms with E-state index in [2.05, 4.69) is 20.5 Å². The molecular weight excluding hydrogens is 375 g/mol. The number of hydrogen-bond acceptors (Lipinski definition) is 6. The predicted octanol–water partition coefficient (Wildman–Crippen LogP) is 3.20. The second-order valence-corrected chi connectivity index (χ2v) is 6.88. The van der Waals surface area contributed by atoms with Gasteiger partial charge in [0.1, 0.15) is 11.3 Å². The van der Waals surface area contributed by atoms with Gasteiger partial charge < -0.3 is 19.4 Å². The number of anilines is 1. The highest BCUT2D eigenvalue weighted by molar-refractivity contribution is 5.57. The van der Waals surface area contributed by atoms with Gasteiger partial charge in [0.25, 0.3) is 0 Å². The quantitative estimate of drug-likeness (QED) is 0.692. The van der Waals surface area contributed by atoms with E-state index >= 15 is 0 Å². The van der Waals surface area contributed by atoms with Crippen LogP contribution in [0, 0.1) is 5.92 Å². The lowest BCUT2D eigenvalue weighted by molar-refractivity contribution is -0.137. The normalized spacial score (nSPS) is 22.5. The number of rotatable bonds is 5. The molecule has 0 radical (unpaired) electrons. The first kappa shape index (κ1) is 18.5. The summed E-state index contributed by atoms with van der Waals surface area (Å²) in [6.45, 7) is 0.643. The molecule has 7 nitrogen and oxygen atoms in total. The minimum atomic E-state index is -4.63. The highest BCUT2D eigenvalue weighted by Gasteiger charge is 2.39. The molecule has 3 heterocycles. The van der Waals surface area contributed by atoms with Gasteiger partial charge in [0.15, 0.2) is 11.6 Å². The summed E-state index contributed by atoms with van der Waals surface area (Å²) in [6.07, 6.45) is 2.09. The molecule has 3 aromatic rings. The summed E-state index contributed by atoms with van der Waals surface area (Å²) in [4.78, 5) is 3.97. The number of furan rings is 1. The van der Waals surface area contributed by atoms with Crippen LogP contribution in [0.1, 0.15) is 18.4 Å². The van der Waals surface area contributed by atoms with Crippen molar-refractivity contribution in [1.82, 2.24) is 19.7 Å². The van der Waals surface area contributed by atoms with Crippen molar-refractivity contribution >= 4 is 5.82 Å². The number of aliphatic hydroxyl groups is 1. The molecule has 10 heteroatoms. The van der Waals surface area contributed by atoms with E-state index in [1.807, 2.05) is 10.8 Å². The average molecular weight is 393 g/mol. The van der Waals surface area contributed by atoms with Gasteiger partial charge in [-0.25, -0.2) is 4.98 Å². The first-order valence-electron chi connectivity index (χ1n) is 8.79. The van der Waals surface area contributed by atoms with Crippen LogP contribution in [0.5, 0.6) is 0 Å². The lowest BCUT2D eigenvalue weighted by Gasteiger charge is -2.20. The molecule has 3 atom stereocenters. The zero-order valence-corrected chi connectivity index (χ0v) is 14.7. The van der Waals surface area contributed by atoms with Crippen molar-refractivity contribution in [2.45, 2.75) is 37.7 Å². The molecule has 0 amide bonds. The Hall–Kier alpha value is -2.88. The van der Waals surface area contributed by atoms with Crippen LogP contribution in [0.4, 0.5) is 19.0 Å². The third-order valence-electron chi connectivity index (χ3n) is 4.85. The van der Waals surface area contributed by atoms with Gasteiger partial charge in [-0.2, -0.15) is 13.2 Å². The van der Waals surface area contributed by atoms with Gasteiger partial charge in [-0.3, -0.25) is 0 Å². The summed E-state index contributed by atoms with van der Waals surface area (Å²) in [6, 6.07) is 3.43. The largest absolute Gasteiger partial charge is 0.463 e. The second-order valence-electron chi connectivity index (χ2n) is 6.88. The van der Waals surface area contributed by atoms with Gasteiger partial charge >= 0.3 is 6.18 Å². The molecular formula is C18H18F3N5O2. The van der Waals surface area contributed by atoms with E-state index < -0.39 is 29.7 Å². The van der Waals surface area contributed by atoms with Gasteiger partial charge in [0, 0.05) is 18.9 Å². The van der Waals surface area contributed by atoms with E-state index in [-0.39, 0.29) is 17.4 Å². The summed E-state index contributed by atoms with van der Waals surface area (Å²) in [5, 5.41) is 20.6. The van der Waals surface area contributed by atoms with E-state index in [0.717, 1.165) is 6.07 Å². The molecule has 0 aromatic carbocycles. The van der Waals surface area contributed by atoms with Crippen LogP contribution in [-0.2, 0) is 12.7 Å². The van der Waals surface area contributed by atoms with Crippen molar-refractivity contribution in [2.75, 3.05) is 5.32 Å². The third-order valence-corrected chi connectivity index (χ3v) is 4.85. The van der Waals surface area contributed by atoms with Crippen LogP contribution >= 0.6 is 0 Å². The summed E-state index contributed by atoms with van der Waals surface area (Å²) in [5.74, 6) is -0.0765. The van der Waals surface area contributed by atoms with Crippen LogP contribution in [0.15, 0.2) is 47.6 Å². The van der Waals surface area contributed by atoms with Crippen LogP contribution in [0.3, 0.4) is 0 Å². The summed E-state index contributed by atoms with van der Waals surface area (Å²) >= 11 is 0. The van der Waals surface area contributed by atoms with Crippen molar-refractivity contribution in [3.63, 3.8) is 0 Å². The Kier molecular flexibility index (Phi) is 4.80. The fourth-order valence-electron chi connectivity index (χ4n) is 3.55. The average Bonchev–Trinajstić information content (AvgIpc) is 3.38. The second kappa shape index (κ2) is 7.27. The maximum atomic E-state index is 13.6. The molecule has 0 bridgehead atoms. The first-order valence-corrected chi connectivity index (χ1v) is 8.79. The lowest BCUT2D eigenvalue weighted by atomic mass is 10.1. The summed E-state index contributed by atoms with van der Waals surface area (Å²) in [7, 11) is 0. The lowest BCUT2D eigenvalue weighted by Crippen LogP contribution is -2.30. The van der Waals surface area contributed by atoms with Crippen molar-refractivity contribution in [3.8, 4) is 11.5 Å². The number of alkyl halides is 3. The highest BCUT2D eigenvalue weighted by Crippen LogP contribution is 2.37. The Labute approximate surface area is 158 Å². The zero-order valence-electron chi connectivity index (χ0n) is 14.7. The molecule has 1 fully saturated rings. The molecule has 4 rings (SSSR count). The van der Waals surface area contributed by atoms with Crippen molar-refractivity contribution in [2.24, 2.45) is 5.92 Å². The Bertz CT molecular complexity index is 912. The van der Waals surface area contributed by atoms with Crippen LogP contribution < -0.4 is 5.32 Å². The van der Waals surface area contributed by atoms with Gasteiger partial charge in [0.2, 0.25) is 0 Å². The number of nitrogens with one attached hydrogen (secondary N) is 1. The molecule has 3 aromatic heterocycles. The number of aliphatic hydroxyl groups excluding tert-OH is 1. The molecule has 28 heavy (non-hydrogen) atoms. The molecule has 148 valence electrons. The molecule has 1 saturated carbocycles. The molecule has 1 unspecified atom stereocenters. The fraction of sp³-hybridized carbons (Fsp3) is 0.389. The third kappa shape index (κ3) is 3.86. The molecule has 1 aliphatic carbocycles. The summed E-state index contributed by atoms with van der Waals surface area (Å²) < 4.78 is 47.7. The molecule has 0 spiro atoms. The van der Waals surface area contributed by atoms with E-state index in [4.69, 9.17) is 4.42 Å². The van der Waals surface area contributed by atoms with Gasteiger partial charge in [0.05, 0.1) is 24.7 Å². The van der Waals surface area contributed by atoms with Crippen molar-refractivity contribution in [1.29, 1.82) is 0 Å². The SMILES string of the molecule is O[C@@H]1CC(Cn2ccnc2)C[C@H]1Nc1nnc(-c2ccco2)cc1C(F)(F)F. The fourth-order valence-corrected chi connectivity index (χ4v) is 3.55. The molecule has 1 aliphatic rings. The number of nitrogens with zero attached hydrogens (tertiary/aromatic N) is 4. The van der Waals surface area contributed by atoms with Crippen molar-refractivity contribution in [3.05, 3.63) is 48.7 Å². The number of aromatic nitrogens is 4. The molecule has 2 N–H and O–H groups in total. The van der Waals surface area contributed by atoms with E-state index in [9.17, 15) is 18.3 Å². The zero-order chi connectivity index (χ0) is 19.7. The topological polar surface area (TPSA) is 89.0 Å². The van der Waals surface area contributed by atoms with E-state index in [0.29, 0.717) is 19.4 Å². The Morgan fingerprint density at radius 1 is 1.29 bits per heavy atom. The Morgan fingerprint density at radius 3 is 2.82 bits per heavy atom. The number of hydrogen-bond donors (Lipinski definition) is 2. The van der Waals surface area contributed by atoms with Crippen LogP contribution in [0.25, 0.3) is 11.5 Å². The predicted molar refractivity (Wildman–Crippen MR) is 93.1 cm³/mol. The van der Waals surface area contributed by atoms with Crippen molar-refractivity contribution < 1.29 is 22.7 Å². The van der Waals surface area contributed by atoms with Crippen LogP contribution in [0.2, 0.25) is 0 Å². The van der Waals surface area contributed by atoms with Gasteiger partial charge in [-0.05, 0) is 37.0 Å². The minimum Gasteiger partial charge on any atom is -0.463 e. The Balaban J connectivity index is 1.53. The smallest absolute Gasteiger partial charge is 0.420 e. The monoisotopic (exact) mass is 393 g/mol. The highest BCUT2D eigenvalue weighted by atomic mass is 19.4. The maximum Gasteiger partial charge on any atom is 0.420 e.